The van der Waals surface area contributed by atoms with Gasteiger partial charge in [-0.05, 0) is 24.5 Å². The number of hydrogen-bond donors (Lipinski definition) is 0. The van der Waals surface area contributed by atoms with Crippen LogP contribution in [0.25, 0.3) is 0 Å². The third kappa shape index (κ3) is 2.75. The van der Waals surface area contributed by atoms with Crippen LogP contribution in [-0.2, 0) is 4.79 Å². The topological polar surface area (TPSA) is 45.8 Å². The fraction of sp³-hybridized carbons (Fsp3) is 0.538. The lowest BCUT2D eigenvalue weighted by Crippen LogP contribution is -2.30. The number of carbonyl (C=O) groups is 1. The molecule has 0 N–H and O–H groups in total. The quantitative estimate of drug-likeness (QED) is 0.789. The summed E-state index contributed by atoms with van der Waals surface area (Å²) in [6.45, 7) is 8.78. The number of aryl methyl sites for hydroxylation is 1. The zero-order chi connectivity index (χ0) is 12.6. The second-order valence-electron chi connectivity index (χ2n) is 5.65. The summed E-state index contributed by atoms with van der Waals surface area (Å²) in [6.07, 6.45) is 0.336. The molecular formula is C13H18N2O2. The average molecular weight is 234 g/mol. The molecule has 1 amide bonds. The van der Waals surface area contributed by atoms with Crippen molar-refractivity contribution in [3.63, 3.8) is 0 Å². The molecule has 0 atom stereocenters. The van der Waals surface area contributed by atoms with E-state index in [0.717, 1.165) is 11.5 Å². The van der Waals surface area contributed by atoms with Crippen LogP contribution in [0.5, 0.6) is 0 Å². The van der Waals surface area contributed by atoms with E-state index in [1.807, 2.05) is 19.1 Å². The number of hydrazone groups is 1. The van der Waals surface area contributed by atoms with E-state index in [2.05, 4.69) is 25.9 Å². The monoisotopic (exact) mass is 234 g/mol. The predicted octanol–water partition coefficient (Wildman–Crippen LogP) is 2.57. The summed E-state index contributed by atoms with van der Waals surface area (Å²) >= 11 is 0. The Morgan fingerprint density at radius 1 is 1.41 bits per heavy atom. The summed E-state index contributed by atoms with van der Waals surface area (Å²) < 4.78 is 5.48. The van der Waals surface area contributed by atoms with Crippen molar-refractivity contribution in [2.75, 3.05) is 6.54 Å². The molecule has 1 aromatic heterocycles. The fourth-order valence-corrected chi connectivity index (χ4v) is 1.77. The van der Waals surface area contributed by atoms with Gasteiger partial charge in [0.2, 0.25) is 5.91 Å². The molecule has 1 aliphatic heterocycles. The molecule has 0 unspecified atom stereocenters. The minimum Gasteiger partial charge on any atom is -0.460 e. The molecule has 0 bridgehead atoms. The number of hydrogen-bond acceptors (Lipinski definition) is 3. The molecule has 4 heteroatoms. The predicted molar refractivity (Wildman–Crippen MR) is 65.8 cm³/mol. The zero-order valence-electron chi connectivity index (χ0n) is 10.8. The maximum Gasteiger partial charge on any atom is 0.248 e. The summed E-state index contributed by atoms with van der Waals surface area (Å²) in [5.41, 5.74) is 0.778. The van der Waals surface area contributed by atoms with E-state index in [4.69, 9.17) is 4.42 Å². The molecule has 0 saturated heterocycles. The molecule has 1 aliphatic rings. The first-order chi connectivity index (χ1) is 7.85. The van der Waals surface area contributed by atoms with Crippen molar-refractivity contribution < 1.29 is 9.21 Å². The molecule has 0 fully saturated rings. The van der Waals surface area contributed by atoms with Crippen LogP contribution >= 0.6 is 0 Å². The second kappa shape index (κ2) is 4.02. The molecule has 0 saturated carbocycles. The standard InChI is InChI=1S/C13H18N2O2/c1-9-5-6-11(17-9)10-7-12(16)15(14-10)8-13(2,3)4/h5-6H,7-8H2,1-4H3. The second-order valence-corrected chi connectivity index (χ2v) is 5.65. The van der Waals surface area contributed by atoms with Crippen LogP contribution in [0.1, 0.15) is 38.7 Å². The Balaban J connectivity index is 2.17. The summed E-state index contributed by atoms with van der Waals surface area (Å²) in [7, 11) is 0. The van der Waals surface area contributed by atoms with Crippen molar-refractivity contribution >= 4 is 11.6 Å². The first kappa shape index (κ1) is 11.9. The molecule has 2 heterocycles. The highest BCUT2D eigenvalue weighted by Crippen LogP contribution is 2.22. The Bertz CT molecular complexity index is 466. The Hall–Kier alpha value is -1.58. The van der Waals surface area contributed by atoms with Gasteiger partial charge in [-0.1, -0.05) is 20.8 Å². The number of carbonyl (C=O) groups excluding carboxylic acids is 1. The van der Waals surface area contributed by atoms with Gasteiger partial charge in [0.05, 0.1) is 6.42 Å². The summed E-state index contributed by atoms with van der Waals surface area (Å²) in [5.74, 6) is 1.58. The molecule has 92 valence electrons. The van der Waals surface area contributed by atoms with Crippen molar-refractivity contribution in [2.45, 2.75) is 34.1 Å². The zero-order valence-corrected chi connectivity index (χ0v) is 10.8. The summed E-state index contributed by atoms with van der Waals surface area (Å²) in [6, 6.07) is 3.75. The Morgan fingerprint density at radius 3 is 2.65 bits per heavy atom. The lowest BCUT2D eigenvalue weighted by molar-refractivity contribution is -0.129. The molecule has 0 radical (unpaired) electrons. The Labute approximate surface area is 101 Å². The number of rotatable bonds is 2. The van der Waals surface area contributed by atoms with Crippen LogP contribution in [0.4, 0.5) is 0 Å². The van der Waals surface area contributed by atoms with Crippen molar-refractivity contribution in [3.8, 4) is 0 Å². The highest BCUT2D eigenvalue weighted by molar-refractivity contribution is 6.12. The first-order valence-electron chi connectivity index (χ1n) is 5.80. The van der Waals surface area contributed by atoms with Crippen molar-refractivity contribution in [3.05, 3.63) is 23.7 Å². The van der Waals surface area contributed by atoms with E-state index in [9.17, 15) is 4.79 Å². The van der Waals surface area contributed by atoms with E-state index in [-0.39, 0.29) is 11.3 Å². The van der Waals surface area contributed by atoms with Gasteiger partial charge in [0.1, 0.15) is 11.5 Å². The maximum absolute atomic E-state index is 11.8. The Kier molecular flexibility index (Phi) is 2.81. The van der Waals surface area contributed by atoms with E-state index in [0.29, 0.717) is 18.7 Å². The molecule has 0 aromatic carbocycles. The van der Waals surface area contributed by atoms with E-state index in [1.165, 1.54) is 0 Å². The molecule has 0 aliphatic carbocycles. The lowest BCUT2D eigenvalue weighted by Gasteiger charge is -2.23. The van der Waals surface area contributed by atoms with Gasteiger partial charge in [-0.25, -0.2) is 5.01 Å². The minimum absolute atomic E-state index is 0.0454. The third-order valence-electron chi connectivity index (χ3n) is 2.50. The van der Waals surface area contributed by atoms with E-state index >= 15 is 0 Å². The van der Waals surface area contributed by atoms with Gasteiger partial charge in [0, 0.05) is 6.54 Å². The first-order valence-corrected chi connectivity index (χ1v) is 5.80. The molecule has 1 aromatic rings. The molecule has 17 heavy (non-hydrogen) atoms. The number of furan rings is 1. The highest BCUT2D eigenvalue weighted by atomic mass is 16.3. The summed E-state index contributed by atoms with van der Waals surface area (Å²) in [4.78, 5) is 11.8. The largest absolute Gasteiger partial charge is 0.460 e. The van der Waals surface area contributed by atoms with Crippen LogP contribution in [-0.4, -0.2) is 23.2 Å². The van der Waals surface area contributed by atoms with Gasteiger partial charge in [-0.3, -0.25) is 4.79 Å². The maximum atomic E-state index is 11.8. The van der Waals surface area contributed by atoms with Crippen LogP contribution in [0.2, 0.25) is 0 Å². The van der Waals surface area contributed by atoms with Crippen LogP contribution < -0.4 is 0 Å². The minimum atomic E-state index is 0.0454. The van der Waals surface area contributed by atoms with Crippen molar-refractivity contribution in [1.29, 1.82) is 0 Å². The van der Waals surface area contributed by atoms with Crippen LogP contribution in [0, 0.1) is 12.3 Å². The van der Waals surface area contributed by atoms with Crippen molar-refractivity contribution in [1.82, 2.24) is 5.01 Å². The lowest BCUT2D eigenvalue weighted by atomic mass is 9.97. The van der Waals surface area contributed by atoms with Gasteiger partial charge < -0.3 is 4.42 Å². The van der Waals surface area contributed by atoms with Gasteiger partial charge in [-0.15, -0.1) is 0 Å². The molecule has 2 rings (SSSR count). The molecule has 0 spiro atoms. The van der Waals surface area contributed by atoms with Gasteiger partial charge in [0.25, 0.3) is 0 Å². The normalized spacial score (nSPS) is 16.6. The Morgan fingerprint density at radius 2 is 2.12 bits per heavy atom. The molecular weight excluding hydrogens is 216 g/mol. The average Bonchev–Trinajstić information content (AvgIpc) is 2.72. The highest BCUT2D eigenvalue weighted by Gasteiger charge is 2.29. The third-order valence-corrected chi connectivity index (χ3v) is 2.50. The smallest absolute Gasteiger partial charge is 0.248 e. The SMILES string of the molecule is Cc1ccc(C2=NN(CC(C)(C)C)C(=O)C2)o1. The number of nitrogens with zero attached hydrogens (tertiary/aromatic N) is 2. The molecule has 4 nitrogen and oxygen atoms in total. The number of amides is 1. The van der Waals surface area contributed by atoms with Gasteiger partial charge in [-0.2, -0.15) is 5.10 Å². The van der Waals surface area contributed by atoms with Crippen LogP contribution in [0.15, 0.2) is 21.7 Å². The van der Waals surface area contributed by atoms with Crippen molar-refractivity contribution in [2.24, 2.45) is 10.5 Å². The fourth-order valence-electron chi connectivity index (χ4n) is 1.77. The van der Waals surface area contributed by atoms with Crippen LogP contribution in [0.3, 0.4) is 0 Å². The van der Waals surface area contributed by atoms with E-state index < -0.39 is 0 Å². The van der Waals surface area contributed by atoms with E-state index in [1.54, 1.807) is 5.01 Å². The van der Waals surface area contributed by atoms with Gasteiger partial charge >= 0.3 is 0 Å². The van der Waals surface area contributed by atoms with Gasteiger partial charge in [0.15, 0.2) is 5.76 Å². The summed E-state index contributed by atoms with van der Waals surface area (Å²) in [5, 5.41) is 5.89.